The van der Waals surface area contributed by atoms with Gasteiger partial charge in [-0.2, -0.15) is 0 Å². The first-order valence-corrected chi connectivity index (χ1v) is 42.7. The Morgan fingerprint density at radius 3 is 1.00 bits per heavy atom. The van der Waals surface area contributed by atoms with Gasteiger partial charge in [-0.15, -0.1) is 0 Å². The van der Waals surface area contributed by atoms with Crippen LogP contribution in [-0.2, 0) is 17.3 Å². The van der Waals surface area contributed by atoms with Crippen molar-refractivity contribution in [2.45, 2.75) is 44.9 Å². The Bertz CT molecular complexity index is 7810. The molecule has 22 aromatic rings. The maximum atomic E-state index is 3.69. The van der Waals surface area contributed by atoms with E-state index in [9.17, 15) is 0 Å². The minimum Gasteiger partial charge on any atom is -0.310 e. The zero-order valence-electron chi connectivity index (χ0n) is 67.7. The van der Waals surface area contributed by atoms with Gasteiger partial charge < -0.3 is 23.2 Å². The molecule has 0 atom stereocenters. The van der Waals surface area contributed by atoms with Crippen LogP contribution >= 0.6 is 15.9 Å². The highest BCUT2D eigenvalue weighted by molar-refractivity contribution is 9.10. The summed E-state index contributed by atoms with van der Waals surface area (Å²) in [5.41, 5.74) is 36.1. The molecule has 0 N–H and O–H groups in total. The van der Waals surface area contributed by atoms with Gasteiger partial charge in [0.15, 0.2) is 0 Å². The van der Waals surface area contributed by atoms with Gasteiger partial charge in [0.1, 0.15) is 0 Å². The zero-order chi connectivity index (χ0) is 81.0. The smallest absolute Gasteiger partial charge is 0.0561 e. The monoisotopic (exact) mass is 1610 g/mol. The highest BCUT2D eigenvalue weighted by atomic mass is 79.9. The fourth-order valence-electron chi connectivity index (χ4n) is 19.9. The Morgan fingerprint density at radius 1 is 0.223 bits per heavy atom. The van der Waals surface area contributed by atoms with Gasteiger partial charge in [-0.3, -0.25) is 0 Å². The molecule has 0 saturated carbocycles. The lowest BCUT2D eigenvalue weighted by Crippen LogP contribution is -2.17. The van der Waals surface area contributed by atoms with Crippen molar-refractivity contribution < 1.29 is 0 Å². The molecule has 576 valence electrons. The number of halogens is 1. The molecule has 0 fully saturated rings. The average molecular weight is 1620 g/mol. The van der Waals surface area contributed by atoms with Crippen molar-refractivity contribution in [3.63, 3.8) is 0 Å². The number of aromatic nitrogens is 4. The standard InChI is InChI=1S/C57H41N3.C34H27N.C24H16BrN/c1-57(2)50-25-13-9-22-44(50)45-33-30-41(36-51(45)57)58(42-31-34-49-47-24-12-16-28-54(47)60(56(49)37-42)40-19-7-4-8-20-40)52-26-14-10-21-43(52)38-29-32-48-46-23-11-15-27-53(46)59(55(48)35-38)39-17-5-3-6-18-39;1-34(2)30-14-8-6-12-26(30)27-18-16-23(21-31(27)34)20-24-17-19-29-28-13-7-9-15-32(28)35(33(29)22-24)25-10-4-3-5-11-25;25-22-12-6-4-10-19(22)17-14-15-21-20-11-5-7-13-23(20)26(24(21)16-17)18-8-2-1-3-9-18/h3-37H,1-2H3;3-19,21-22H,20H2,1-2H3;1-16H. The molecule has 0 unspecified atom stereocenters. The van der Waals surface area contributed by atoms with Gasteiger partial charge in [0, 0.05) is 98.1 Å². The summed E-state index contributed by atoms with van der Waals surface area (Å²) in [7, 11) is 0. The van der Waals surface area contributed by atoms with Crippen molar-refractivity contribution in [3.8, 4) is 67.3 Å². The SMILES string of the molecule is Brc1ccccc1-c1ccc2c3ccccc3n(-c3ccccc3)c2c1.CC1(C)c2ccccc2-c2ccc(Cc3ccc4c5ccccc5n(-c5ccccc5)c4c3)cc21.CC1(C)c2ccccc2-c2ccc(N(c3ccc4c5ccccc5n(-c5ccccc5)c4c3)c3ccccc3-c3ccc4c5ccccc5n(-c5ccccc5)c4c3)cc21. The largest absolute Gasteiger partial charge is 0.310 e. The van der Waals surface area contributed by atoms with Crippen LogP contribution in [0.1, 0.15) is 61.1 Å². The van der Waals surface area contributed by atoms with E-state index >= 15 is 0 Å². The molecule has 2 aliphatic rings. The molecule has 5 nitrogen and oxygen atoms in total. The van der Waals surface area contributed by atoms with Crippen LogP contribution < -0.4 is 4.90 Å². The quantitative estimate of drug-likeness (QED) is 0.127. The molecule has 4 aromatic heterocycles. The summed E-state index contributed by atoms with van der Waals surface area (Å²) in [4.78, 5) is 2.48. The van der Waals surface area contributed by atoms with E-state index in [-0.39, 0.29) is 10.8 Å². The average Bonchev–Trinajstić information content (AvgIpc) is 1.62. The van der Waals surface area contributed by atoms with E-state index in [0.29, 0.717) is 0 Å². The van der Waals surface area contributed by atoms with Crippen LogP contribution in [0.2, 0.25) is 0 Å². The molecule has 0 bridgehead atoms. The van der Waals surface area contributed by atoms with E-state index in [1.165, 1.54) is 165 Å². The summed E-state index contributed by atoms with van der Waals surface area (Å²) in [6.45, 7) is 9.44. The van der Waals surface area contributed by atoms with Crippen LogP contribution in [0.4, 0.5) is 17.1 Å². The van der Waals surface area contributed by atoms with Gasteiger partial charge in [-0.25, -0.2) is 0 Å². The molecule has 0 spiro atoms. The van der Waals surface area contributed by atoms with Gasteiger partial charge in [-0.1, -0.05) is 341 Å². The molecule has 0 aliphatic heterocycles. The van der Waals surface area contributed by atoms with E-state index in [4.69, 9.17) is 0 Å². The topological polar surface area (TPSA) is 23.0 Å². The fraction of sp³-hybridized carbons (Fsp3) is 0.0609. The van der Waals surface area contributed by atoms with Gasteiger partial charge in [0.05, 0.1) is 49.8 Å². The van der Waals surface area contributed by atoms with Gasteiger partial charge in [0.25, 0.3) is 0 Å². The third kappa shape index (κ3) is 12.3. The van der Waals surface area contributed by atoms with Gasteiger partial charge in [0.2, 0.25) is 0 Å². The molecule has 2 aliphatic carbocycles. The Balaban J connectivity index is 0.000000121. The lowest BCUT2D eigenvalue weighted by molar-refractivity contribution is 0.659. The van der Waals surface area contributed by atoms with Crippen LogP contribution in [0.25, 0.3) is 154 Å². The first-order chi connectivity index (χ1) is 59.5. The molecule has 0 amide bonds. The molecular weight excluding hydrogens is 1530 g/mol. The third-order valence-corrected chi connectivity index (χ3v) is 26.3. The first kappa shape index (κ1) is 72.9. The number of anilines is 3. The molecule has 0 radical (unpaired) electrons. The predicted octanol–water partition coefficient (Wildman–Crippen LogP) is 31.2. The van der Waals surface area contributed by atoms with Crippen molar-refractivity contribution in [2.24, 2.45) is 0 Å². The van der Waals surface area contributed by atoms with Crippen molar-refractivity contribution >= 4 is 120 Å². The maximum absolute atomic E-state index is 3.69. The molecule has 18 aromatic carbocycles. The summed E-state index contributed by atoms with van der Waals surface area (Å²) in [6, 6.07) is 155. The Hall–Kier alpha value is -14.6. The van der Waals surface area contributed by atoms with Crippen LogP contribution in [0.15, 0.2) is 429 Å². The van der Waals surface area contributed by atoms with E-state index in [2.05, 4.69) is 485 Å². The van der Waals surface area contributed by atoms with Gasteiger partial charge >= 0.3 is 0 Å². The summed E-state index contributed by atoms with van der Waals surface area (Å²) >= 11 is 3.69. The van der Waals surface area contributed by atoms with E-state index in [0.717, 1.165) is 50.5 Å². The summed E-state index contributed by atoms with van der Waals surface area (Å²) in [6.07, 6.45) is 0.923. The van der Waals surface area contributed by atoms with Crippen LogP contribution in [0.5, 0.6) is 0 Å². The third-order valence-electron chi connectivity index (χ3n) is 25.6. The van der Waals surface area contributed by atoms with E-state index in [1.807, 2.05) is 6.07 Å². The lowest BCUT2D eigenvalue weighted by atomic mass is 9.81. The number of nitrogens with zero attached hydrogens (tertiary/aromatic N) is 5. The van der Waals surface area contributed by atoms with E-state index < -0.39 is 0 Å². The summed E-state index contributed by atoms with van der Waals surface area (Å²) in [5.74, 6) is 0. The number of benzene rings is 18. The molecular formula is C115H84BrN5. The molecule has 0 saturated heterocycles. The molecule has 4 heterocycles. The predicted molar refractivity (Wildman–Crippen MR) is 514 cm³/mol. The van der Waals surface area contributed by atoms with Crippen molar-refractivity contribution in [1.82, 2.24) is 18.3 Å². The minimum absolute atomic E-state index is 0.0334. The second kappa shape index (κ2) is 29.5. The number of hydrogen-bond donors (Lipinski definition) is 0. The summed E-state index contributed by atoms with van der Waals surface area (Å²) < 4.78 is 10.7. The van der Waals surface area contributed by atoms with Crippen LogP contribution in [0.3, 0.4) is 0 Å². The maximum Gasteiger partial charge on any atom is 0.0561 e. The summed E-state index contributed by atoms with van der Waals surface area (Å²) in [5, 5.41) is 10.1. The molecule has 24 rings (SSSR count). The minimum atomic E-state index is -0.146. The number of rotatable bonds is 11. The number of hydrogen-bond acceptors (Lipinski definition) is 1. The van der Waals surface area contributed by atoms with Crippen LogP contribution in [0, 0.1) is 0 Å². The second-order valence-electron chi connectivity index (χ2n) is 33.2. The lowest BCUT2D eigenvalue weighted by Gasteiger charge is -2.30. The zero-order valence-corrected chi connectivity index (χ0v) is 69.3. The molecule has 121 heavy (non-hydrogen) atoms. The van der Waals surface area contributed by atoms with E-state index in [1.54, 1.807) is 0 Å². The second-order valence-corrected chi connectivity index (χ2v) is 34.1. The van der Waals surface area contributed by atoms with Gasteiger partial charge in [-0.05, 0) is 206 Å². The van der Waals surface area contributed by atoms with Crippen molar-refractivity contribution in [1.29, 1.82) is 0 Å². The first-order valence-electron chi connectivity index (χ1n) is 41.9. The Labute approximate surface area is 712 Å². The fourth-order valence-corrected chi connectivity index (χ4v) is 20.4. The highest BCUT2D eigenvalue weighted by Gasteiger charge is 2.38. The Kier molecular flexibility index (Phi) is 17.8. The normalized spacial score (nSPS) is 12.8. The van der Waals surface area contributed by atoms with Crippen molar-refractivity contribution in [2.75, 3.05) is 4.90 Å². The molecule has 6 heteroatoms. The van der Waals surface area contributed by atoms with Crippen molar-refractivity contribution in [3.05, 3.63) is 462 Å². The van der Waals surface area contributed by atoms with Crippen LogP contribution in [-0.4, -0.2) is 18.3 Å². The highest BCUT2D eigenvalue weighted by Crippen LogP contribution is 2.54. The number of fused-ring (bicyclic) bond motifs is 18. The Morgan fingerprint density at radius 2 is 0.529 bits per heavy atom. The number of para-hydroxylation sites is 9.